The van der Waals surface area contributed by atoms with Crippen molar-refractivity contribution >= 4 is 89.9 Å². The number of carbonyl (C=O) groups is 4. The fraction of sp³-hybridized carbons (Fsp3) is 0.100. The summed E-state index contributed by atoms with van der Waals surface area (Å²) in [6.45, 7) is 0.492. The molecule has 0 aromatic heterocycles. The van der Waals surface area contributed by atoms with Gasteiger partial charge >= 0.3 is 0 Å². The van der Waals surface area contributed by atoms with Crippen LogP contribution in [0.4, 0.5) is 0 Å². The Labute approximate surface area is 284 Å². The number of nitrogens with zero attached hydrogens (tertiary/aromatic N) is 2. The highest BCUT2D eigenvalue weighted by Crippen LogP contribution is 2.46. The van der Waals surface area contributed by atoms with Gasteiger partial charge in [0.05, 0.1) is 0 Å². The van der Waals surface area contributed by atoms with Crippen molar-refractivity contribution in [3.05, 3.63) is 140 Å². The first kappa shape index (κ1) is 28.9. The molecule has 0 atom stereocenters. The van der Waals surface area contributed by atoms with Crippen LogP contribution >= 0.6 is 23.2 Å². The summed E-state index contributed by atoms with van der Waals surface area (Å²) >= 11 is 12.1. The predicted octanol–water partition coefficient (Wildman–Crippen LogP) is 8.72. The maximum Gasteiger partial charge on any atom is 0.261 e. The summed E-state index contributed by atoms with van der Waals surface area (Å²) in [4.78, 5) is 58.1. The quantitative estimate of drug-likeness (QED) is 0.101. The fourth-order valence-electron chi connectivity index (χ4n) is 7.56. The normalized spacial score (nSPS) is 14.5. The molecule has 7 aromatic carbocycles. The lowest BCUT2D eigenvalue weighted by Crippen LogP contribution is -2.41. The molecular weight excluding hydrogens is 643 g/mol. The Balaban J connectivity index is 1.15. The molecule has 7 aromatic rings. The van der Waals surface area contributed by atoms with Crippen molar-refractivity contribution in [1.82, 2.24) is 9.80 Å². The standard InChI is InChI=1S/C40H24Cl2N2O4/c41-23-5-1-21(2-6-23)17-19-43-37(45)29-13-9-25-27-11-15-31-36-32(40(48)44(39(31)47)20-18-22-3-7-24(42)8-4-22)16-12-28(34(27)36)26-10-14-30(38(43)46)35(29)33(25)26/h1-16H,17-20H2. The van der Waals surface area contributed by atoms with Gasteiger partial charge in [0.1, 0.15) is 0 Å². The molecule has 0 aliphatic carbocycles. The third-order valence-corrected chi connectivity index (χ3v) is 10.4. The Bertz CT molecular complexity index is 2260. The number of fused-ring (bicyclic) bond motifs is 2. The monoisotopic (exact) mass is 666 g/mol. The van der Waals surface area contributed by atoms with Gasteiger partial charge in [0, 0.05) is 56.2 Å². The molecule has 2 heterocycles. The summed E-state index contributed by atoms with van der Waals surface area (Å²) in [5, 5.41) is 7.66. The summed E-state index contributed by atoms with van der Waals surface area (Å²) in [7, 11) is 0. The van der Waals surface area contributed by atoms with Gasteiger partial charge in [0.25, 0.3) is 23.6 Å². The topological polar surface area (TPSA) is 74.8 Å². The Morgan fingerprint density at radius 2 is 0.667 bits per heavy atom. The second-order valence-electron chi connectivity index (χ2n) is 12.4. The van der Waals surface area contributed by atoms with Gasteiger partial charge in [-0.05, 0) is 105 Å². The molecule has 6 nitrogen and oxygen atoms in total. The van der Waals surface area contributed by atoms with Crippen LogP contribution in [-0.4, -0.2) is 46.5 Å². The van der Waals surface area contributed by atoms with Crippen molar-refractivity contribution in [2.24, 2.45) is 0 Å². The smallest absolute Gasteiger partial charge is 0.261 e. The molecule has 2 aliphatic heterocycles. The molecule has 0 fully saturated rings. The van der Waals surface area contributed by atoms with E-state index in [9.17, 15) is 19.2 Å². The predicted molar refractivity (Wildman–Crippen MR) is 189 cm³/mol. The first-order valence-electron chi connectivity index (χ1n) is 15.7. The molecule has 2 aliphatic rings. The molecule has 232 valence electrons. The Hall–Kier alpha value is -5.30. The van der Waals surface area contributed by atoms with E-state index in [0.29, 0.717) is 55.9 Å². The summed E-state index contributed by atoms with van der Waals surface area (Å²) in [5.74, 6) is -1.29. The Kier molecular flexibility index (Phi) is 6.38. The second-order valence-corrected chi connectivity index (χ2v) is 13.3. The van der Waals surface area contributed by atoms with Crippen LogP contribution in [0.3, 0.4) is 0 Å². The van der Waals surface area contributed by atoms with Crippen LogP contribution in [0.25, 0.3) is 43.1 Å². The zero-order valence-electron chi connectivity index (χ0n) is 25.3. The molecule has 8 heteroatoms. The number of hydrogen-bond donors (Lipinski definition) is 0. The van der Waals surface area contributed by atoms with E-state index in [-0.39, 0.29) is 36.7 Å². The summed E-state index contributed by atoms with van der Waals surface area (Å²) in [6, 6.07) is 29.7. The summed E-state index contributed by atoms with van der Waals surface area (Å²) in [6.07, 6.45) is 1.03. The minimum Gasteiger partial charge on any atom is -0.274 e. The molecule has 0 radical (unpaired) electrons. The lowest BCUT2D eigenvalue weighted by molar-refractivity contribution is 0.0597. The van der Waals surface area contributed by atoms with Gasteiger partial charge in [-0.15, -0.1) is 0 Å². The summed E-state index contributed by atoms with van der Waals surface area (Å²) in [5.41, 5.74) is 3.90. The van der Waals surface area contributed by atoms with Crippen molar-refractivity contribution < 1.29 is 19.2 Å². The first-order valence-corrected chi connectivity index (χ1v) is 16.5. The van der Waals surface area contributed by atoms with E-state index in [1.807, 2.05) is 48.5 Å². The summed E-state index contributed by atoms with van der Waals surface area (Å²) < 4.78 is 0. The molecule has 4 amide bonds. The van der Waals surface area contributed by atoms with Crippen LogP contribution in [0.1, 0.15) is 52.6 Å². The van der Waals surface area contributed by atoms with Gasteiger partial charge in [0.2, 0.25) is 0 Å². The van der Waals surface area contributed by atoms with Crippen LogP contribution in [0.15, 0.2) is 97.1 Å². The average molecular weight is 668 g/mol. The van der Waals surface area contributed by atoms with Crippen molar-refractivity contribution in [3.63, 3.8) is 0 Å². The third-order valence-electron chi connectivity index (χ3n) is 9.88. The van der Waals surface area contributed by atoms with E-state index in [1.165, 1.54) is 9.80 Å². The molecule has 0 bridgehead atoms. The number of halogens is 2. The van der Waals surface area contributed by atoms with Gasteiger partial charge in [-0.1, -0.05) is 71.7 Å². The van der Waals surface area contributed by atoms with Gasteiger partial charge in [-0.2, -0.15) is 0 Å². The number of hydrogen-bond acceptors (Lipinski definition) is 4. The molecule has 0 spiro atoms. The number of rotatable bonds is 6. The van der Waals surface area contributed by atoms with E-state index >= 15 is 0 Å². The molecule has 48 heavy (non-hydrogen) atoms. The maximum atomic E-state index is 13.9. The van der Waals surface area contributed by atoms with Crippen molar-refractivity contribution in [1.29, 1.82) is 0 Å². The highest BCUT2D eigenvalue weighted by atomic mass is 35.5. The highest BCUT2D eigenvalue weighted by Gasteiger charge is 2.36. The van der Waals surface area contributed by atoms with Crippen LogP contribution in [-0.2, 0) is 12.8 Å². The van der Waals surface area contributed by atoms with Gasteiger partial charge in [-0.25, -0.2) is 0 Å². The number of carbonyl (C=O) groups excluding carboxylic acids is 4. The molecule has 0 saturated carbocycles. The van der Waals surface area contributed by atoms with E-state index in [2.05, 4.69) is 0 Å². The van der Waals surface area contributed by atoms with Crippen molar-refractivity contribution in [2.75, 3.05) is 13.1 Å². The highest BCUT2D eigenvalue weighted by molar-refractivity contribution is 6.41. The van der Waals surface area contributed by atoms with E-state index in [0.717, 1.165) is 43.4 Å². The van der Waals surface area contributed by atoms with E-state index in [4.69, 9.17) is 23.2 Å². The van der Waals surface area contributed by atoms with Gasteiger partial charge < -0.3 is 0 Å². The number of amides is 4. The second kappa shape index (κ2) is 10.6. The average Bonchev–Trinajstić information content (AvgIpc) is 3.10. The minimum absolute atomic E-state index is 0.246. The molecule has 9 rings (SSSR count). The maximum absolute atomic E-state index is 13.9. The first-order chi connectivity index (χ1) is 23.3. The third kappa shape index (κ3) is 4.13. The number of imide groups is 2. The van der Waals surface area contributed by atoms with Crippen molar-refractivity contribution in [3.8, 4) is 0 Å². The van der Waals surface area contributed by atoms with Crippen LogP contribution in [0, 0.1) is 0 Å². The molecule has 0 unspecified atom stereocenters. The Morgan fingerprint density at radius 1 is 0.375 bits per heavy atom. The number of benzene rings is 7. The lowest BCUT2D eigenvalue weighted by Gasteiger charge is -2.30. The van der Waals surface area contributed by atoms with Crippen LogP contribution < -0.4 is 0 Å². The van der Waals surface area contributed by atoms with Crippen LogP contribution in [0.2, 0.25) is 10.0 Å². The van der Waals surface area contributed by atoms with Gasteiger partial charge in [0.15, 0.2) is 0 Å². The molecular formula is C40H24Cl2N2O4. The van der Waals surface area contributed by atoms with E-state index < -0.39 is 0 Å². The van der Waals surface area contributed by atoms with E-state index in [1.54, 1.807) is 48.5 Å². The zero-order chi connectivity index (χ0) is 32.8. The molecule has 0 N–H and O–H groups in total. The van der Waals surface area contributed by atoms with Gasteiger partial charge in [-0.3, -0.25) is 29.0 Å². The molecule has 0 saturated heterocycles. The van der Waals surface area contributed by atoms with Crippen molar-refractivity contribution in [2.45, 2.75) is 12.8 Å². The van der Waals surface area contributed by atoms with Crippen LogP contribution in [0.5, 0.6) is 0 Å². The fourth-order valence-corrected chi connectivity index (χ4v) is 7.81. The Morgan fingerprint density at radius 3 is 0.958 bits per heavy atom. The largest absolute Gasteiger partial charge is 0.274 e. The lowest BCUT2D eigenvalue weighted by atomic mass is 9.82. The minimum atomic E-state index is -0.323. The zero-order valence-corrected chi connectivity index (χ0v) is 26.9. The SMILES string of the molecule is O=C1c2ccc3c4ccc5c6c(ccc(c7ccc(c2c37)C(=O)N1CCc1ccc(Cl)cc1)c64)C(=O)N(CCc1ccc(Cl)cc1)C5=O.